The summed E-state index contributed by atoms with van der Waals surface area (Å²) in [5.41, 5.74) is 2.08. The lowest BCUT2D eigenvalue weighted by Gasteiger charge is -2.16. The van der Waals surface area contributed by atoms with Gasteiger partial charge in [-0.05, 0) is 41.0 Å². The van der Waals surface area contributed by atoms with Gasteiger partial charge in [0.2, 0.25) is 17.6 Å². The monoisotopic (exact) mass is 557 g/mol. The Balaban J connectivity index is 1.97. The van der Waals surface area contributed by atoms with Crippen molar-refractivity contribution in [2.45, 2.75) is 6.42 Å². The van der Waals surface area contributed by atoms with Crippen molar-refractivity contribution >= 4 is 40.2 Å². The molecule has 0 saturated carbocycles. The molecular weight excluding hydrogens is 531 g/mol. The Hall–Kier alpha value is -3.88. The second kappa shape index (κ2) is 11.7. The maximum absolute atomic E-state index is 10.4. The number of pyridine rings is 1. The molecule has 0 bridgehead atoms. The molecule has 8 nitrogen and oxygen atoms in total. The van der Waals surface area contributed by atoms with Gasteiger partial charge < -0.3 is 28.8 Å². The fourth-order valence-electron chi connectivity index (χ4n) is 4.23. The van der Waals surface area contributed by atoms with Crippen LogP contribution in [0, 0.1) is 0 Å². The van der Waals surface area contributed by atoms with Crippen molar-refractivity contribution in [2.75, 3.05) is 35.5 Å². The summed E-state index contributed by atoms with van der Waals surface area (Å²) in [6.07, 6.45) is 3.73. The number of nitrogens with zero attached hydrogens (tertiary/aromatic N) is 2. The predicted molar refractivity (Wildman–Crippen MR) is 147 cm³/mol. The first-order valence-corrected chi connectivity index (χ1v) is 12.2. The van der Waals surface area contributed by atoms with Crippen LogP contribution in [0.5, 0.6) is 34.5 Å². The quantitative estimate of drug-likeness (QED) is 0.211. The third-order valence-electron chi connectivity index (χ3n) is 6.02. The van der Waals surface area contributed by atoms with Gasteiger partial charge in [0, 0.05) is 22.0 Å². The average Bonchev–Trinajstić information content (AvgIpc) is 2.93. The lowest BCUT2D eigenvalue weighted by Crippen LogP contribution is -2.33. The zero-order valence-electron chi connectivity index (χ0n) is 21.5. The molecule has 0 radical (unpaired) electrons. The first-order valence-electron chi connectivity index (χ1n) is 11.4. The number of phenolic OH excluding ortho intramolecular Hbond substituents is 1. The summed E-state index contributed by atoms with van der Waals surface area (Å²) in [6, 6.07) is 12.5. The molecule has 0 aliphatic rings. The number of hydrogen-bond donors (Lipinski definition) is 1. The van der Waals surface area contributed by atoms with E-state index in [0.717, 1.165) is 22.0 Å². The Kier molecular flexibility index (Phi) is 8.34. The Morgan fingerprint density at radius 2 is 1.53 bits per heavy atom. The van der Waals surface area contributed by atoms with Crippen LogP contribution in [0.25, 0.3) is 10.8 Å². The van der Waals surface area contributed by atoms with Crippen LogP contribution in [0.15, 0.2) is 53.8 Å². The third kappa shape index (κ3) is 5.23. The summed E-state index contributed by atoms with van der Waals surface area (Å²) in [5, 5.41) is 17.2. The van der Waals surface area contributed by atoms with E-state index >= 15 is 0 Å². The summed E-state index contributed by atoms with van der Waals surface area (Å²) >= 11 is 12.3. The molecule has 3 aromatic carbocycles. The molecule has 0 spiro atoms. The summed E-state index contributed by atoms with van der Waals surface area (Å²) in [5.74, 6) is 2.59. The van der Waals surface area contributed by atoms with E-state index in [1.165, 1.54) is 12.3 Å². The summed E-state index contributed by atoms with van der Waals surface area (Å²) in [6.45, 7) is 0. The SMILES string of the molecule is COc1ccc(Cc2c3c(OC)c(OC)c(OC)cc3cc[n+]2/N=C/c2cc(Cl)cc(Cl)c2O)cc1OC. The van der Waals surface area contributed by atoms with Crippen molar-refractivity contribution in [1.82, 2.24) is 0 Å². The van der Waals surface area contributed by atoms with Gasteiger partial charge in [-0.1, -0.05) is 33.9 Å². The number of fused-ring (bicyclic) bond motifs is 1. The van der Waals surface area contributed by atoms with Crippen LogP contribution in [0.4, 0.5) is 0 Å². The van der Waals surface area contributed by atoms with E-state index in [4.69, 9.17) is 46.9 Å². The topological polar surface area (TPSA) is 82.6 Å². The molecule has 0 atom stereocenters. The zero-order valence-corrected chi connectivity index (χ0v) is 23.1. The third-order valence-corrected chi connectivity index (χ3v) is 6.53. The van der Waals surface area contributed by atoms with Gasteiger partial charge in [0.1, 0.15) is 12.0 Å². The number of aromatic nitrogens is 1. The minimum absolute atomic E-state index is 0.119. The van der Waals surface area contributed by atoms with Gasteiger partial charge in [-0.2, -0.15) is 0 Å². The maximum Gasteiger partial charge on any atom is 0.230 e. The van der Waals surface area contributed by atoms with Crippen molar-refractivity contribution in [3.8, 4) is 34.5 Å². The molecule has 1 heterocycles. The van der Waals surface area contributed by atoms with Crippen LogP contribution >= 0.6 is 23.2 Å². The van der Waals surface area contributed by atoms with Crippen molar-refractivity contribution in [2.24, 2.45) is 5.10 Å². The van der Waals surface area contributed by atoms with E-state index in [2.05, 4.69) is 5.10 Å². The van der Waals surface area contributed by atoms with Crippen molar-refractivity contribution in [3.05, 3.63) is 75.5 Å². The highest BCUT2D eigenvalue weighted by Crippen LogP contribution is 2.44. The highest BCUT2D eigenvalue weighted by molar-refractivity contribution is 6.36. The van der Waals surface area contributed by atoms with Crippen molar-refractivity contribution < 1.29 is 33.5 Å². The van der Waals surface area contributed by atoms with Gasteiger partial charge in [-0.25, -0.2) is 0 Å². The van der Waals surface area contributed by atoms with Crippen LogP contribution in [-0.4, -0.2) is 46.9 Å². The molecular formula is C28H27Cl2N2O6+. The Morgan fingerprint density at radius 1 is 0.816 bits per heavy atom. The summed E-state index contributed by atoms with van der Waals surface area (Å²) < 4.78 is 29.6. The molecule has 0 aliphatic carbocycles. The number of phenols is 1. The summed E-state index contributed by atoms with van der Waals surface area (Å²) in [7, 11) is 7.88. The van der Waals surface area contributed by atoms with Crippen LogP contribution in [0.1, 0.15) is 16.8 Å². The number of rotatable bonds is 9. The standard InChI is InChI=1S/C28H26Cl2N2O6/c1-34-22-7-6-16(11-23(22)35-2)10-21-25-17(13-24(36-3)27(37-4)28(25)38-5)8-9-32(21)31-15-18-12-19(29)14-20(30)26(18)33/h6-9,11-15H,10H2,1-5H3/p+1. The molecule has 0 unspecified atom stereocenters. The molecule has 0 fully saturated rings. The molecule has 10 heteroatoms. The van der Waals surface area contributed by atoms with Gasteiger partial charge in [0.25, 0.3) is 0 Å². The smallest absolute Gasteiger partial charge is 0.230 e. The summed E-state index contributed by atoms with van der Waals surface area (Å²) in [4.78, 5) is 0. The Labute approximate surface area is 230 Å². The van der Waals surface area contributed by atoms with Crippen LogP contribution in [0.2, 0.25) is 10.0 Å². The highest BCUT2D eigenvalue weighted by atomic mass is 35.5. The zero-order chi connectivity index (χ0) is 27.4. The van der Waals surface area contributed by atoms with Gasteiger partial charge in [-0.15, -0.1) is 0 Å². The van der Waals surface area contributed by atoms with E-state index in [-0.39, 0.29) is 10.8 Å². The average molecular weight is 558 g/mol. The van der Waals surface area contributed by atoms with E-state index in [0.29, 0.717) is 45.8 Å². The second-order valence-electron chi connectivity index (χ2n) is 8.15. The largest absolute Gasteiger partial charge is 0.506 e. The van der Waals surface area contributed by atoms with Gasteiger partial charge in [0.15, 0.2) is 23.0 Å². The van der Waals surface area contributed by atoms with Crippen molar-refractivity contribution in [3.63, 3.8) is 0 Å². The number of aromatic hydroxyl groups is 1. The first-order chi connectivity index (χ1) is 18.3. The van der Waals surface area contributed by atoms with Gasteiger partial charge in [-0.3, -0.25) is 0 Å². The molecule has 4 aromatic rings. The van der Waals surface area contributed by atoms with Crippen LogP contribution in [-0.2, 0) is 6.42 Å². The normalized spacial score (nSPS) is 11.1. The van der Waals surface area contributed by atoms with E-state index in [1.54, 1.807) is 46.3 Å². The Morgan fingerprint density at radius 3 is 2.18 bits per heavy atom. The van der Waals surface area contributed by atoms with Gasteiger partial charge >= 0.3 is 0 Å². The lowest BCUT2D eigenvalue weighted by molar-refractivity contribution is -0.684. The molecule has 1 N–H and O–H groups in total. The number of hydrogen-bond acceptors (Lipinski definition) is 7. The fraction of sp³-hybridized carbons (Fsp3) is 0.214. The predicted octanol–water partition coefficient (Wildman–Crippen LogP) is 5.66. The molecule has 4 rings (SSSR count). The van der Waals surface area contributed by atoms with Gasteiger partial charge in [0.05, 0.1) is 52.4 Å². The minimum Gasteiger partial charge on any atom is -0.506 e. The fourth-order valence-corrected chi connectivity index (χ4v) is 4.74. The second-order valence-corrected chi connectivity index (χ2v) is 9.00. The molecule has 0 amide bonds. The van der Waals surface area contributed by atoms with E-state index in [1.807, 2.05) is 36.5 Å². The number of benzene rings is 3. The van der Waals surface area contributed by atoms with Crippen molar-refractivity contribution in [1.29, 1.82) is 0 Å². The maximum atomic E-state index is 10.4. The highest BCUT2D eigenvalue weighted by Gasteiger charge is 2.26. The lowest BCUT2D eigenvalue weighted by atomic mass is 10.0. The van der Waals surface area contributed by atoms with Crippen LogP contribution < -0.4 is 28.4 Å². The first kappa shape index (κ1) is 27.2. The number of methoxy groups -OCH3 is 5. The molecule has 198 valence electrons. The van der Waals surface area contributed by atoms with Crippen LogP contribution in [0.3, 0.4) is 0 Å². The molecule has 1 aromatic heterocycles. The minimum atomic E-state index is -0.119. The Bertz CT molecular complexity index is 1520. The van der Waals surface area contributed by atoms with E-state index < -0.39 is 0 Å². The molecule has 0 saturated heterocycles. The molecule has 0 aliphatic heterocycles. The van der Waals surface area contributed by atoms with E-state index in [9.17, 15) is 5.11 Å². The number of halogens is 2. The number of ether oxygens (including phenoxy) is 5. The molecule has 38 heavy (non-hydrogen) atoms.